The van der Waals surface area contributed by atoms with Crippen LogP contribution in [0.3, 0.4) is 0 Å². The van der Waals surface area contributed by atoms with E-state index in [0.717, 1.165) is 0 Å². The van der Waals surface area contributed by atoms with Crippen molar-refractivity contribution in [2.24, 2.45) is 0 Å². The van der Waals surface area contributed by atoms with E-state index >= 15 is 0 Å². The highest BCUT2D eigenvalue weighted by atomic mass is 35.5. The summed E-state index contributed by atoms with van der Waals surface area (Å²) in [7, 11) is 1.71. The Hall–Kier alpha value is -1.40. The fraction of sp³-hybridized carbons (Fsp3) is 0.500. The molecule has 1 rings (SSSR count). The number of nitrogens with zero attached hydrogens (tertiary/aromatic N) is 3. The first kappa shape index (κ1) is 13.7. The van der Waals surface area contributed by atoms with Gasteiger partial charge < -0.3 is 9.64 Å². The normalized spacial score (nSPS) is 10.3. The zero-order chi connectivity index (χ0) is 12.8. The molecule has 0 atom stereocenters. The Kier molecular flexibility index (Phi) is 5.11. The minimum Gasteiger partial charge on any atom is -0.380 e. The molecule has 0 aliphatic rings. The smallest absolute Gasteiger partial charge is 0.311 e. The van der Waals surface area contributed by atoms with Crippen LogP contribution in [-0.2, 0) is 4.74 Å². The molecule has 6 nitrogen and oxygen atoms in total. The second-order valence-electron chi connectivity index (χ2n) is 3.35. The maximum Gasteiger partial charge on any atom is 0.311 e. The molecule has 1 aromatic rings. The Labute approximate surface area is 104 Å². The van der Waals surface area contributed by atoms with Crippen molar-refractivity contribution in [3.8, 4) is 0 Å². The molecule has 0 amide bonds. The van der Waals surface area contributed by atoms with Crippen LogP contribution in [0.25, 0.3) is 0 Å². The number of pyridine rings is 1. The molecule has 0 saturated heterocycles. The summed E-state index contributed by atoms with van der Waals surface area (Å²) in [6, 6.07) is 2.75. The van der Waals surface area contributed by atoms with E-state index < -0.39 is 4.92 Å². The Balaban J connectivity index is 2.86. The van der Waals surface area contributed by atoms with Gasteiger partial charge in [0.15, 0.2) is 0 Å². The van der Waals surface area contributed by atoms with E-state index in [-0.39, 0.29) is 16.7 Å². The predicted octanol–water partition coefficient (Wildman–Crippen LogP) is 2.12. The van der Waals surface area contributed by atoms with Crippen LogP contribution in [0.4, 0.5) is 11.5 Å². The number of anilines is 1. The van der Waals surface area contributed by atoms with Crippen molar-refractivity contribution in [1.82, 2.24) is 4.98 Å². The minimum atomic E-state index is -0.476. The summed E-state index contributed by atoms with van der Waals surface area (Å²) >= 11 is 5.74. The number of nitro groups is 1. The van der Waals surface area contributed by atoms with Crippen LogP contribution < -0.4 is 4.90 Å². The third-order valence-corrected chi connectivity index (χ3v) is 2.36. The number of aromatic nitrogens is 1. The quantitative estimate of drug-likeness (QED) is 0.339. The number of rotatable bonds is 6. The number of ether oxygens (including phenoxy) is 1. The number of hydrogen-bond acceptors (Lipinski definition) is 5. The van der Waals surface area contributed by atoms with Crippen LogP contribution >= 0.6 is 11.6 Å². The molecule has 0 aliphatic heterocycles. The second-order valence-corrected chi connectivity index (χ2v) is 3.74. The lowest BCUT2D eigenvalue weighted by molar-refractivity contribution is -0.384. The molecule has 0 radical (unpaired) electrons. The van der Waals surface area contributed by atoms with E-state index in [9.17, 15) is 10.1 Å². The van der Waals surface area contributed by atoms with Gasteiger partial charge in [-0.1, -0.05) is 11.6 Å². The Morgan fingerprint density at radius 1 is 1.59 bits per heavy atom. The van der Waals surface area contributed by atoms with Crippen molar-refractivity contribution in [2.75, 3.05) is 31.7 Å². The summed E-state index contributed by atoms with van der Waals surface area (Å²) in [6.07, 6.45) is 0. The highest BCUT2D eigenvalue weighted by molar-refractivity contribution is 6.29. The largest absolute Gasteiger partial charge is 0.380 e. The van der Waals surface area contributed by atoms with E-state index in [1.54, 1.807) is 11.9 Å². The van der Waals surface area contributed by atoms with E-state index in [0.29, 0.717) is 19.8 Å². The third kappa shape index (κ3) is 3.83. The summed E-state index contributed by atoms with van der Waals surface area (Å²) in [6.45, 7) is 3.50. The molecular formula is C10H14ClN3O3. The van der Waals surface area contributed by atoms with Gasteiger partial charge in [-0.2, -0.15) is 0 Å². The summed E-state index contributed by atoms with van der Waals surface area (Å²) in [5.41, 5.74) is -0.0617. The van der Waals surface area contributed by atoms with Crippen molar-refractivity contribution >= 4 is 23.1 Å². The number of halogens is 1. The van der Waals surface area contributed by atoms with Gasteiger partial charge >= 0.3 is 5.69 Å². The second kappa shape index (κ2) is 6.36. The highest BCUT2D eigenvalue weighted by Crippen LogP contribution is 2.26. The molecule has 7 heteroatoms. The van der Waals surface area contributed by atoms with Crippen molar-refractivity contribution in [1.29, 1.82) is 0 Å². The van der Waals surface area contributed by atoms with Gasteiger partial charge in [0.2, 0.25) is 5.82 Å². The maximum absolute atomic E-state index is 10.8. The summed E-state index contributed by atoms with van der Waals surface area (Å²) in [5.74, 6) is 0.252. The molecule has 17 heavy (non-hydrogen) atoms. The van der Waals surface area contributed by atoms with Crippen LogP contribution in [0.1, 0.15) is 6.92 Å². The molecule has 1 heterocycles. The average Bonchev–Trinajstić information content (AvgIpc) is 2.28. The summed E-state index contributed by atoms with van der Waals surface area (Å²) in [5, 5.41) is 11.1. The van der Waals surface area contributed by atoms with Gasteiger partial charge in [-0.3, -0.25) is 10.1 Å². The molecule has 0 spiro atoms. The van der Waals surface area contributed by atoms with Crippen LogP contribution in [0.5, 0.6) is 0 Å². The standard InChI is InChI=1S/C10H14ClN3O3/c1-3-17-7-6-13(2)10-8(14(15)16)4-5-9(11)12-10/h4-5H,3,6-7H2,1-2H3. The summed E-state index contributed by atoms with van der Waals surface area (Å²) in [4.78, 5) is 16.0. The lowest BCUT2D eigenvalue weighted by Gasteiger charge is -2.17. The minimum absolute atomic E-state index is 0.0617. The molecule has 1 aromatic heterocycles. The van der Waals surface area contributed by atoms with Crippen molar-refractivity contribution < 1.29 is 9.66 Å². The van der Waals surface area contributed by atoms with Crippen LogP contribution in [0.2, 0.25) is 5.15 Å². The number of likely N-dealkylation sites (N-methyl/N-ethyl adjacent to an activating group) is 1. The Bertz CT molecular complexity index is 400. The van der Waals surface area contributed by atoms with Crippen molar-refractivity contribution in [2.45, 2.75) is 6.92 Å². The van der Waals surface area contributed by atoms with E-state index in [1.807, 2.05) is 6.92 Å². The molecule has 0 bridgehead atoms. The topological polar surface area (TPSA) is 68.5 Å². The lowest BCUT2D eigenvalue weighted by Crippen LogP contribution is -2.24. The van der Waals surface area contributed by atoms with Gasteiger partial charge in [0.25, 0.3) is 0 Å². The van der Waals surface area contributed by atoms with E-state index in [1.165, 1.54) is 12.1 Å². The van der Waals surface area contributed by atoms with Crippen LogP contribution in [0.15, 0.2) is 12.1 Å². The van der Waals surface area contributed by atoms with E-state index in [4.69, 9.17) is 16.3 Å². The van der Waals surface area contributed by atoms with Crippen molar-refractivity contribution in [3.05, 3.63) is 27.4 Å². The van der Waals surface area contributed by atoms with Gasteiger partial charge in [0, 0.05) is 26.3 Å². The fourth-order valence-electron chi connectivity index (χ4n) is 1.29. The Morgan fingerprint density at radius 2 is 2.29 bits per heavy atom. The van der Waals surface area contributed by atoms with Crippen LogP contribution in [0, 0.1) is 10.1 Å². The highest BCUT2D eigenvalue weighted by Gasteiger charge is 2.18. The van der Waals surface area contributed by atoms with Crippen molar-refractivity contribution in [3.63, 3.8) is 0 Å². The average molecular weight is 260 g/mol. The van der Waals surface area contributed by atoms with Crippen LogP contribution in [-0.4, -0.2) is 36.7 Å². The zero-order valence-corrected chi connectivity index (χ0v) is 10.5. The van der Waals surface area contributed by atoms with Gasteiger partial charge in [0.1, 0.15) is 5.15 Å². The first-order valence-corrected chi connectivity index (χ1v) is 5.54. The van der Waals surface area contributed by atoms with Gasteiger partial charge in [0.05, 0.1) is 11.5 Å². The van der Waals surface area contributed by atoms with Gasteiger partial charge in [-0.15, -0.1) is 0 Å². The molecule has 0 unspecified atom stereocenters. The summed E-state index contributed by atoms with van der Waals surface area (Å²) < 4.78 is 5.18. The molecule has 0 aliphatic carbocycles. The third-order valence-electron chi connectivity index (χ3n) is 2.15. The first-order chi connectivity index (χ1) is 8.06. The maximum atomic E-state index is 10.8. The molecule has 0 saturated carbocycles. The zero-order valence-electron chi connectivity index (χ0n) is 9.72. The van der Waals surface area contributed by atoms with E-state index in [2.05, 4.69) is 4.98 Å². The van der Waals surface area contributed by atoms with Gasteiger partial charge in [-0.05, 0) is 13.0 Å². The van der Waals surface area contributed by atoms with Gasteiger partial charge in [-0.25, -0.2) is 4.98 Å². The lowest BCUT2D eigenvalue weighted by atomic mass is 10.3. The predicted molar refractivity (Wildman–Crippen MR) is 65.7 cm³/mol. The number of hydrogen-bond donors (Lipinski definition) is 0. The molecule has 0 aromatic carbocycles. The first-order valence-electron chi connectivity index (χ1n) is 5.16. The molecule has 0 N–H and O–H groups in total. The molecule has 0 fully saturated rings. The SMILES string of the molecule is CCOCCN(C)c1nc(Cl)ccc1[N+](=O)[O-]. The molecular weight excluding hydrogens is 246 g/mol. The Morgan fingerprint density at radius 3 is 2.88 bits per heavy atom. The monoisotopic (exact) mass is 259 g/mol. The molecule has 94 valence electrons. The fourth-order valence-corrected chi connectivity index (χ4v) is 1.44.